The summed E-state index contributed by atoms with van der Waals surface area (Å²) in [5.74, 6) is -0.0332. The summed E-state index contributed by atoms with van der Waals surface area (Å²) in [7, 11) is 2.06. The van der Waals surface area contributed by atoms with E-state index in [9.17, 15) is 10.2 Å². The van der Waals surface area contributed by atoms with Crippen molar-refractivity contribution in [1.29, 1.82) is 0 Å². The molecule has 0 amide bonds. The predicted octanol–water partition coefficient (Wildman–Crippen LogP) is 14.7. The maximum Gasteiger partial charge on any atom is 0.177 e. The van der Waals surface area contributed by atoms with Gasteiger partial charge in [-0.15, -0.1) is 0 Å². The van der Waals surface area contributed by atoms with Crippen LogP contribution in [0.4, 0.5) is 56.9 Å². The summed E-state index contributed by atoms with van der Waals surface area (Å²) in [6.07, 6.45) is 9.27. The van der Waals surface area contributed by atoms with Gasteiger partial charge in [0.05, 0.1) is 11.7 Å². The van der Waals surface area contributed by atoms with Crippen LogP contribution in [-0.4, -0.2) is 23.3 Å². The molecule has 0 saturated heterocycles. The van der Waals surface area contributed by atoms with Crippen LogP contribution in [-0.2, 0) is 0 Å². The molecule has 1 unspecified atom stereocenters. The van der Waals surface area contributed by atoms with Crippen LogP contribution in [0.15, 0.2) is 223 Å². The third-order valence-corrected chi connectivity index (χ3v) is 11.5. The Morgan fingerprint density at radius 2 is 0.806 bits per heavy atom. The standard InChI is InChI=1S/C55H44N4O3/c1-56(39-17-7-2-8-18-39)40-27-29-46(30-28-40)58(43-23-13-5-14-24-43)48-35-50-51-36-49(38-53(61)55(51)62-54(50)52(60)37-48)59(44-25-15-6-16-26-44)47-33-31-45(32-34-47)57(41-19-9-3-10-20-41)42-21-11-4-12-22-42/h2-25,27-38,44,60-61H,26H2,1H3. The van der Waals surface area contributed by atoms with Gasteiger partial charge in [0.15, 0.2) is 22.7 Å². The number of para-hydroxylation sites is 4. The number of rotatable bonds is 11. The number of hydrogen-bond acceptors (Lipinski definition) is 7. The highest BCUT2D eigenvalue weighted by molar-refractivity contribution is 6.11. The minimum atomic E-state index is -0.0262. The number of aromatic hydroxyl groups is 2. The van der Waals surface area contributed by atoms with E-state index in [0.29, 0.717) is 21.9 Å². The molecule has 1 aromatic heterocycles. The fraction of sp³-hybridized carbons (Fsp3) is 0.0545. The van der Waals surface area contributed by atoms with Gasteiger partial charge in [0.1, 0.15) is 0 Å². The van der Waals surface area contributed by atoms with Gasteiger partial charge in [0.25, 0.3) is 0 Å². The van der Waals surface area contributed by atoms with Crippen molar-refractivity contribution in [3.63, 3.8) is 0 Å². The second-order valence-corrected chi connectivity index (χ2v) is 15.4. The fourth-order valence-corrected chi connectivity index (χ4v) is 8.49. The van der Waals surface area contributed by atoms with Crippen LogP contribution in [0.2, 0.25) is 0 Å². The molecular weight excluding hydrogens is 765 g/mol. The normalized spacial score (nSPS) is 13.3. The molecule has 7 heteroatoms. The Morgan fingerprint density at radius 3 is 1.29 bits per heavy atom. The van der Waals surface area contributed by atoms with Crippen molar-refractivity contribution in [1.82, 2.24) is 0 Å². The summed E-state index contributed by atoms with van der Waals surface area (Å²) < 4.78 is 6.28. The predicted molar refractivity (Wildman–Crippen MR) is 256 cm³/mol. The zero-order valence-corrected chi connectivity index (χ0v) is 34.2. The van der Waals surface area contributed by atoms with E-state index in [4.69, 9.17) is 4.42 Å². The minimum Gasteiger partial charge on any atom is -0.504 e. The molecule has 0 radical (unpaired) electrons. The van der Waals surface area contributed by atoms with Crippen molar-refractivity contribution < 1.29 is 14.6 Å². The lowest BCUT2D eigenvalue weighted by Crippen LogP contribution is -2.29. The summed E-state index contributed by atoms with van der Waals surface area (Å²) in [6.45, 7) is 0. The van der Waals surface area contributed by atoms with Crippen molar-refractivity contribution in [3.05, 3.63) is 218 Å². The van der Waals surface area contributed by atoms with Crippen LogP contribution in [0.25, 0.3) is 21.9 Å². The molecule has 9 aromatic rings. The van der Waals surface area contributed by atoms with E-state index in [1.165, 1.54) is 0 Å². The Labute approximate surface area is 361 Å². The van der Waals surface area contributed by atoms with Crippen LogP contribution in [0, 0.1) is 0 Å². The molecule has 0 spiro atoms. The molecule has 0 saturated carbocycles. The molecule has 8 aromatic carbocycles. The number of benzene rings is 8. The Kier molecular flexibility index (Phi) is 10.1. The van der Waals surface area contributed by atoms with Gasteiger partial charge in [-0.2, -0.15) is 0 Å². The smallest absolute Gasteiger partial charge is 0.177 e. The van der Waals surface area contributed by atoms with Gasteiger partial charge >= 0.3 is 0 Å². The number of anilines is 10. The van der Waals surface area contributed by atoms with Gasteiger partial charge < -0.3 is 34.2 Å². The number of phenolic OH excluding ortho intramolecular Hbond substituents is 2. The minimum absolute atomic E-state index is 0.0102. The van der Waals surface area contributed by atoms with E-state index in [1.807, 2.05) is 54.6 Å². The second kappa shape index (κ2) is 16.5. The van der Waals surface area contributed by atoms with Crippen LogP contribution < -0.4 is 19.6 Å². The Hall–Kier alpha value is -8.16. The van der Waals surface area contributed by atoms with Crippen molar-refractivity contribution in [2.75, 3.05) is 26.6 Å². The van der Waals surface area contributed by atoms with Crippen molar-refractivity contribution >= 4 is 78.8 Å². The van der Waals surface area contributed by atoms with Gasteiger partial charge in [-0.05, 0) is 116 Å². The molecule has 0 fully saturated rings. The van der Waals surface area contributed by atoms with E-state index in [1.54, 1.807) is 12.1 Å². The summed E-state index contributed by atoms with van der Waals surface area (Å²) in [4.78, 5) is 8.77. The third kappa shape index (κ3) is 7.26. The first-order valence-corrected chi connectivity index (χ1v) is 20.8. The largest absolute Gasteiger partial charge is 0.504 e. The Bertz CT molecular complexity index is 2980. The third-order valence-electron chi connectivity index (χ3n) is 11.5. The lowest BCUT2D eigenvalue weighted by Gasteiger charge is -2.33. The number of allylic oxidation sites excluding steroid dienone is 2. The summed E-state index contributed by atoms with van der Waals surface area (Å²) >= 11 is 0. The molecular formula is C55H44N4O3. The summed E-state index contributed by atoms with van der Waals surface area (Å²) in [5.41, 5.74) is 10.2. The van der Waals surface area contributed by atoms with E-state index < -0.39 is 0 Å². The van der Waals surface area contributed by atoms with Gasteiger partial charge in [0, 0.05) is 81.1 Å². The van der Waals surface area contributed by atoms with Gasteiger partial charge in [0.2, 0.25) is 0 Å². The number of fused-ring (bicyclic) bond motifs is 3. The average Bonchev–Trinajstić information content (AvgIpc) is 3.71. The zero-order valence-electron chi connectivity index (χ0n) is 34.2. The molecule has 1 aliphatic rings. The molecule has 2 N–H and O–H groups in total. The van der Waals surface area contributed by atoms with E-state index in [-0.39, 0.29) is 17.5 Å². The average molecular weight is 809 g/mol. The van der Waals surface area contributed by atoms with Gasteiger partial charge in [-0.1, -0.05) is 97.1 Å². The lowest BCUT2D eigenvalue weighted by molar-refractivity contribution is 0.457. The summed E-state index contributed by atoms with van der Waals surface area (Å²) in [6, 6.07) is 65.6. The summed E-state index contributed by atoms with van der Waals surface area (Å²) in [5, 5.41) is 24.8. The molecule has 1 heterocycles. The molecule has 10 rings (SSSR count). The van der Waals surface area contributed by atoms with E-state index >= 15 is 0 Å². The van der Waals surface area contributed by atoms with Crippen LogP contribution in [0.3, 0.4) is 0 Å². The monoisotopic (exact) mass is 808 g/mol. The van der Waals surface area contributed by atoms with E-state index in [0.717, 1.165) is 63.3 Å². The number of phenols is 2. The van der Waals surface area contributed by atoms with Crippen LogP contribution in [0.5, 0.6) is 11.5 Å². The van der Waals surface area contributed by atoms with Crippen molar-refractivity contribution in [3.8, 4) is 11.5 Å². The Morgan fingerprint density at radius 1 is 0.419 bits per heavy atom. The molecule has 1 aliphatic carbocycles. The highest BCUT2D eigenvalue weighted by Crippen LogP contribution is 2.47. The SMILES string of the molecule is CN(c1ccccc1)c1ccc(N(c2ccccc2)c2cc(O)c3oc4c(O)cc(N(c5ccc(N(c6ccccc6)c6ccccc6)cc5)C5C=CC=CC5)cc4c3c2)cc1. The first-order valence-electron chi connectivity index (χ1n) is 20.8. The molecule has 0 aliphatic heterocycles. The van der Waals surface area contributed by atoms with Crippen molar-refractivity contribution in [2.45, 2.75) is 12.5 Å². The first kappa shape index (κ1) is 38.1. The number of nitrogens with zero attached hydrogens (tertiary/aromatic N) is 4. The van der Waals surface area contributed by atoms with Crippen molar-refractivity contribution in [2.24, 2.45) is 0 Å². The first-order chi connectivity index (χ1) is 30.5. The lowest BCUT2D eigenvalue weighted by atomic mass is 10.0. The second-order valence-electron chi connectivity index (χ2n) is 15.4. The zero-order chi connectivity index (χ0) is 42.0. The maximum atomic E-state index is 11.7. The van der Waals surface area contributed by atoms with Crippen LogP contribution in [0.1, 0.15) is 6.42 Å². The maximum absolute atomic E-state index is 11.7. The molecule has 302 valence electrons. The number of hydrogen-bond donors (Lipinski definition) is 2. The molecule has 7 nitrogen and oxygen atoms in total. The van der Waals surface area contributed by atoms with Gasteiger partial charge in [-0.25, -0.2) is 0 Å². The van der Waals surface area contributed by atoms with Crippen LogP contribution >= 0.6 is 0 Å². The topological polar surface area (TPSA) is 66.6 Å². The highest BCUT2D eigenvalue weighted by atomic mass is 16.4. The quantitative estimate of drug-likeness (QED) is 0.135. The molecule has 62 heavy (non-hydrogen) atoms. The molecule has 0 bridgehead atoms. The fourth-order valence-electron chi connectivity index (χ4n) is 8.49. The Balaban J connectivity index is 1.07. The van der Waals surface area contributed by atoms with Gasteiger partial charge in [-0.3, -0.25) is 0 Å². The molecule has 1 atom stereocenters. The highest BCUT2D eigenvalue weighted by Gasteiger charge is 2.25. The van der Waals surface area contributed by atoms with E-state index in [2.05, 4.69) is 178 Å². The number of furan rings is 1.